The predicted molar refractivity (Wildman–Crippen MR) is 69.0 cm³/mol. The van der Waals surface area contributed by atoms with E-state index < -0.39 is 11.0 Å². The highest BCUT2D eigenvalue weighted by molar-refractivity contribution is 5.95. The van der Waals surface area contributed by atoms with Crippen LogP contribution in [0.5, 0.6) is 0 Å². The Kier molecular flexibility index (Phi) is 3.80. The number of β-amino-alcohol motifs (C(OH)–C–C–N with tert-alkyl or cyclic N) is 1. The molecule has 6 heteroatoms. The number of carbonyl (C=O) groups is 1. The van der Waals surface area contributed by atoms with E-state index in [0.29, 0.717) is 30.6 Å². The van der Waals surface area contributed by atoms with Crippen LogP contribution in [0.1, 0.15) is 28.8 Å². The third kappa shape index (κ3) is 3.08. The molecule has 2 rings (SSSR count). The maximum atomic E-state index is 12.3. The molecule has 0 aromatic heterocycles. The Labute approximate surface area is 110 Å². The third-order valence-electron chi connectivity index (χ3n) is 3.20. The van der Waals surface area contributed by atoms with Crippen molar-refractivity contribution in [3.8, 4) is 0 Å². The minimum atomic E-state index is -0.505. The van der Waals surface area contributed by atoms with Crippen LogP contribution in [0.15, 0.2) is 18.2 Å². The van der Waals surface area contributed by atoms with E-state index in [1.807, 2.05) is 0 Å². The van der Waals surface area contributed by atoms with Crippen LogP contribution in [0.4, 0.5) is 5.69 Å². The van der Waals surface area contributed by atoms with Gasteiger partial charge in [-0.2, -0.15) is 0 Å². The molecule has 1 fully saturated rings. The van der Waals surface area contributed by atoms with Crippen LogP contribution in [-0.4, -0.2) is 40.0 Å². The van der Waals surface area contributed by atoms with Gasteiger partial charge in [-0.15, -0.1) is 0 Å². The zero-order valence-corrected chi connectivity index (χ0v) is 10.7. The second-order valence-corrected chi connectivity index (χ2v) is 4.86. The zero-order chi connectivity index (χ0) is 14.0. The summed E-state index contributed by atoms with van der Waals surface area (Å²) >= 11 is 0. The van der Waals surface area contributed by atoms with Crippen molar-refractivity contribution in [1.29, 1.82) is 0 Å². The number of carbonyl (C=O) groups excluding carboxylic acids is 1. The first-order valence-electron chi connectivity index (χ1n) is 6.21. The SMILES string of the molecule is Cc1cc(C(=O)N2CCCC(O)C2)cc([N+](=O)[O-])c1. The number of aryl methyl sites for hydroxylation is 1. The number of rotatable bonds is 2. The summed E-state index contributed by atoms with van der Waals surface area (Å²) in [6, 6.07) is 4.36. The van der Waals surface area contributed by atoms with Gasteiger partial charge in [0.05, 0.1) is 11.0 Å². The van der Waals surface area contributed by atoms with Gasteiger partial charge in [-0.05, 0) is 31.4 Å². The molecule has 1 amide bonds. The van der Waals surface area contributed by atoms with Crippen LogP contribution < -0.4 is 0 Å². The highest BCUT2D eigenvalue weighted by Gasteiger charge is 2.24. The molecule has 19 heavy (non-hydrogen) atoms. The minimum Gasteiger partial charge on any atom is -0.391 e. The van der Waals surface area contributed by atoms with Crippen molar-refractivity contribution >= 4 is 11.6 Å². The summed E-state index contributed by atoms with van der Waals surface area (Å²) in [5, 5.41) is 20.4. The standard InChI is InChI=1S/C13H16N2O4/c1-9-5-10(7-11(6-9)15(18)19)13(17)14-4-2-3-12(16)8-14/h5-7,12,16H,2-4,8H2,1H3. The van der Waals surface area contributed by atoms with Crippen molar-refractivity contribution in [3.05, 3.63) is 39.4 Å². The van der Waals surface area contributed by atoms with Crippen molar-refractivity contribution in [2.45, 2.75) is 25.9 Å². The number of nitro benzene ring substituents is 1. The van der Waals surface area contributed by atoms with E-state index >= 15 is 0 Å². The topological polar surface area (TPSA) is 83.7 Å². The Morgan fingerprint density at radius 2 is 2.21 bits per heavy atom. The van der Waals surface area contributed by atoms with Gasteiger partial charge in [0.25, 0.3) is 11.6 Å². The Morgan fingerprint density at radius 3 is 2.84 bits per heavy atom. The average Bonchev–Trinajstić information content (AvgIpc) is 2.37. The minimum absolute atomic E-state index is 0.0825. The van der Waals surface area contributed by atoms with Crippen molar-refractivity contribution in [2.75, 3.05) is 13.1 Å². The maximum absolute atomic E-state index is 12.3. The first-order valence-corrected chi connectivity index (χ1v) is 6.21. The van der Waals surface area contributed by atoms with Gasteiger partial charge in [0.2, 0.25) is 0 Å². The molecule has 1 aliphatic heterocycles. The van der Waals surface area contributed by atoms with Gasteiger partial charge < -0.3 is 10.0 Å². The summed E-state index contributed by atoms with van der Waals surface area (Å²) in [5.41, 5.74) is 0.900. The third-order valence-corrected chi connectivity index (χ3v) is 3.20. The van der Waals surface area contributed by atoms with Crippen LogP contribution >= 0.6 is 0 Å². The maximum Gasteiger partial charge on any atom is 0.270 e. The molecule has 1 aromatic rings. The number of nitrogens with zero attached hydrogens (tertiary/aromatic N) is 2. The fourth-order valence-electron chi connectivity index (χ4n) is 2.31. The summed E-state index contributed by atoms with van der Waals surface area (Å²) in [4.78, 5) is 24.1. The molecule has 102 valence electrons. The Balaban J connectivity index is 2.25. The number of piperidine rings is 1. The molecule has 1 aromatic carbocycles. The van der Waals surface area contributed by atoms with Gasteiger partial charge in [-0.1, -0.05) is 0 Å². The van der Waals surface area contributed by atoms with Gasteiger partial charge in [0, 0.05) is 30.8 Å². The van der Waals surface area contributed by atoms with E-state index in [1.165, 1.54) is 12.1 Å². The van der Waals surface area contributed by atoms with Gasteiger partial charge in [0.15, 0.2) is 0 Å². The lowest BCUT2D eigenvalue weighted by atomic mass is 10.1. The highest BCUT2D eigenvalue weighted by atomic mass is 16.6. The van der Waals surface area contributed by atoms with E-state index in [0.717, 1.165) is 6.42 Å². The first-order chi connectivity index (χ1) is 8.97. The first kappa shape index (κ1) is 13.5. The zero-order valence-electron chi connectivity index (χ0n) is 10.7. The van der Waals surface area contributed by atoms with Gasteiger partial charge in [-0.25, -0.2) is 0 Å². The number of aliphatic hydroxyl groups excluding tert-OH is 1. The van der Waals surface area contributed by atoms with Crippen molar-refractivity contribution in [3.63, 3.8) is 0 Å². The van der Waals surface area contributed by atoms with E-state index in [-0.39, 0.29) is 11.6 Å². The van der Waals surface area contributed by atoms with E-state index in [4.69, 9.17) is 0 Å². The van der Waals surface area contributed by atoms with E-state index in [1.54, 1.807) is 17.9 Å². The van der Waals surface area contributed by atoms with Crippen LogP contribution in [0.3, 0.4) is 0 Å². The predicted octanol–water partition coefficient (Wildman–Crippen LogP) is 1.50. The number of likely N-dealkylation sites (tertiary alicyclic amines) is 1. The molecule has 0 bridgehead atoms. The van der Waals surface area contributed by atoms with E-state index in [9.17, 15) is 20.0 Å². The molecule has 1 N–H and O–H groups in total. The number of nitro groups is 1. The monoisotopic (exact) mass is 264 g/mol. The second-order valence-electron chi connectivity index (χ2n) is 4.86. The fourth-order valence-corrected chi connectivity index (χ4v) is 2.31. The smallest absolute Gasteiger partial charge is 0.270 e. The molecular weight excluding hydrogens is 248 g/mol. The van der Waals surface area contributed by atoms with E-state index in [2.05, 4.69) is 0 Å². The van der Waals surface area contributed by atoms with Crippen molar-refractivity contribution in [1.82, 2.24) is 4.90 Å². The van der Waals surface area contributed by atoms with Gasteiger partial charge >= 0.3 is 0 Å². The quantitative estimate of drug-likeness (QED) is 0.648. The molecule has 1 aliphatic rings. The average molecular weight is 264 g/mol. The molecule has 1 heterocycles. The summed E-state index contributed by atoms with van der Waals surface area (Å²) in [6.07, 6.45) is 0.941. The largest absolute Gasteiger partial charge is 0.391 e. The van der Waals surface area contributed by atoms with Crippen LogP contribution in [-0.2, 0) is 0 Å². The fraction of sp³-hybridized carbons (Fsp3) is 0.462. The summed E-state index contributed by atoms with van der Waals surface area (Å²) in [7, 11) is 0. The molecule has 0 radical (unpaired) electrons. The Bertz CT molecular complexity index is 515. The Morgan fingerprint density at radius 1 is 1.47 bits per heavy atom. The summed E-state index contributed by atoms with van der Waals surface area (Å²) in [5.74, 6) is -0.259. The lowest BCUT2D eigenvalue weighted by molar-refractivity contribution is -0.384. The summed E-state index contributed by atoms with van der Waals surface area (Å²) in [6.45, 7) is 2.59. The van der Waals surface area contributed by atoms with Crippen molar-refractivity contribution in [2.24, 2.45) is 0 Å². The number of hydrogen-bond donors (Lipinski definition) is 1. The van der Waals surface area contributed by atoms with Crippen molar-refractivity contribution < 1.29 is 14.8 Å². The lowest BCUT2D eigenvalue weighted by Crippen LogP contribution is -2.42. The highest BCUT2D eigenvalue weighted by Crippen LogP contribution is 2.20. The Hall–Kier alpha value is -1.95. The second kappa shape index (κ2) is 5.36. The van der Waals surface area contributed by atoms with Crippen LogP contribution in [0, 0.1) is 17.0 Å². The molecule has 0 aliphatic carbocycles. The van der Waals surface area contributed by atoms with Crippen LogP contribution in [0.25, 0.3) is 0 Å². The number of benzene rings is 1. The lowest BCUT2D eigenvalue weighted by Gasteiger charge is -2.30. The molecule has 1 atom stereocenters. The number of non-ortho nitro benzene ring substituents is 1. The molecule has 0 saturated carbocycles. The number of hydrogen-bond acceptors (Lipinski definition) is 4. The van der Waals surface area contributed by atoms with Gasteiger partial charge in [0.1, 0.15) is 0 Å². The normalized spacial score (nSPS) is 19.3. The summed E-state index contributed by atoms with van der Waals surface area (Å²) < 4.78 is 0. The molecule has 0 spiro atoms. The number of amides is 1. The molecular formula is C13H16N2O4. The molecule has 1 saturated heterocycles. The van der Waals surface area contributed by atoms with Gasteiger partial charge in [-0.3, -0.25) is 14.9 Å². The molecule has 6 nitrogen and oxygen atoms in total. The molecule has 1 unspecified atom stereocenters. The number of aliphatic hydroxyl groups is 1. The van der Waals surface area contributed by atoms with Crippen LogP contribution in [0.2, 0.25) is 0 Å².